The van der Waals surface area contributed by atoms with Crippen LogP contribution in [0.3, 0.4) is 0 Å². The highest BCUT2D eigenvalue weighted by atomic mass is 16.5. The molecule has 1 unspecified atom stereocenters. The first kappa shape index (κ1) is 17.5. The third-order valence-electron chi connectivity index (χ3n) is 4.21. The zero-order chi connectivity index (χ0) is 18.5. The molecule has 2 N–H and O–H groups in total. The molecule has 1 atom stereocenters. The number of amides is 1. The fourth-order valence-electron chi connectivity index (χ4n) is 2.85. The molecular formula is C20H20N2O4. The van der Waals surface area contributed by atoms with E-state index < -0.39 is 5.97 Å². The molecule has 0 aromatic heterocycles. The summed E-state index contributed by atoms with van der Waals surface area (Å²) in [6.07, 6.45) is 1.70. The van der Waals surface area contributed by atoms with Gasteiger partial charge in [-0.25, -0.2) is 5.01 Å². The largest absolute Gasteiger partial charge is 0.497 e. The molecule has 2 aromatic rings. The van der Waals surface area contributed by atoms with Gasteiger partial charge in [-0.05, 0) is 29.3 Å². The van der Waals surface area contributed by atoms with Gasteiger partial charge in [-0.1, -0.05) is 42.5 Å². The minimum atomic E-state index is -0.991. The maximum Gasteiger partial charge on any atom is 0.303 e. The van der Waals surface area contributed by atoms with Gasteiger partial charge >= 0.3 is 5.97 Å². The Kier molecular flexibility index (Phi) is 5.22. The van der Waals surface area contributed by atoms with Crippen molar-refractivity contribution in [2.75, 3.05) is 7.11 Å². The lowest BCUT2D eigenvalue weighted by Gasteiger charge is -2.25. The van der Waals surface area contributed by atoms with Gasteiger partial charge in [0.15, 0.2) is 0 Å². The Bertz CT molecular complexity index is 815. The van der Waals surface area contributed by atoms with Gasteiger partial charge in [-0.3, -0.25) is 15.0 Å². The van der Waals surface area contributed by atoms with Crippen LogP contribution in [0.1, 0.15) is 30.0 Å². The highest BCUT2D eigenvalue weighted by Crippen LogP contribution is 2.32. The lowest BCUT2D eigenvalue weighted by atomic mass is 10.0. The quantitative estimate of drug-likeness (QED) is 0.836. The average Bonchev–Trinajstić information content (AvgIpc) is 3.12. The summed E-state index contributed by atoms with van der Waals surface area (Å²) in [5, 5.41) is 10.4. The number of nitrogens with one attached hydrogen (secondary N) is 1. The maximum atomic E-state index is 12.6. The van der Waals surface area contributed by atoms with Crippen molar-refractivity contribution < 1.29 is 19.4 Å². The summed E-state index contributed by atoms with van der Waals surface area (Å²) in [6.45, 7) is 0. The number of hydrazine groups is 1. The van der Waals surface area contributed by atoms with Crippen LogP contribution in [0.2, 0.25) is 0 Å². The van der Waals surface area contributed by atoms with Crippen LogP contribution >= 0.6 is 0 Å². The average molecular weight is 352 g/mol. The molecule has 0 aliphatic carbocycles. The number of carbonyl (C=O) groups excluding carboxylic acids is 1. The Hall–Kier alpha value is -3.28. The number of ether oxygens (including phenoxy) is 1. The molecule has 6 nitrogen and oxygen atoms in total. The summed E-state index contributed by atoms with van der Waals surface area (Å²) < 4.78 is 5.18. The molecule has 134 valence electrons. The van der Waals surface area contributed by atoms with Crippen LogP contribution in [-0.4, -0.2) is 29.1 Å². The number of benzene rings is 2. The van der Waals surface area contributed by atoms with E-state index >= 15 is 0 Å². The van der Waals surface area contributed by atoms with Crippen molar-refractivity contribution in [3.63, 3.8) is 0 Å². The van der Waals surface area contributed by atoms with Gasteiger partial charge in [0.25, 0.3) is 0 Å². The molecule has 3 rings (SSSR count). The summed E-state index contributed by atoms with van der Waals surface area (Å²) in [6, 6.07) is 16.8. The summed E-state index contributed by atoms with van der Waals surface area (Å²) >= 11 is 0. The van der Waals surface area contributed by atoms with E-state index in [4.69, 9.17) is 9.84 Å². The molecule has 1 heterocycles. The number of carbonyl (C=O) groups is 2. The van der Waals surface area contributed by atoms with E-state index in [9.17, 15) is 9.59 Å². The number of hydrogen-bond donors (Lipinski definition) is 2. The molecule has 0 bridgehead atoms. The highest BCUT2D eigenvalue weighted by Gasteiger charge is 2.30. The standard InChI is InChI=1S/C20H20N2O4/c1-26-16-9-7-15(8-10-16)18-13-17(14-5-3-2-4-6-14)21-22(18)19(23)11-12-20(24)25/h2-10,13,18,21H,11-12H2,1H3,(H,24,25). The van der Waals surface area contributed by atoms with Gasteiger partial charge in [-0.2, -0.15) is 0 Å². The van der Waals surface area contributed by atoms with E-state index in [0.29, 0.717) is 0 Å². The van der Waals surface area contributed by atoms with Crippen LogP contribution in [0.25, 0.3) is 5.70 Å². The van der Waals surface area contributed by atoms with Crippen molar-refractivity contribution in [1.82, 2.24) is 10.4 Å². The number of rotatable bonds is 6. The number of aliphatic carboxylic acids is 1. The van der Waals surface area contributed by atoms with Crippen molar-refractivity contribution in [3.05, 3.63) is 71.8 Å². The topological polar surface area (TPSA) is 78.9 Å². The summed E-state index contributed by atoms with van der Waals surface area (Å²) in [5.74, 6) is -0.527. The van der Waals surface area contributed by atoms with Crippen LogP contribution in [0.15, 0.2) is 60.7 Å². The predicted molar refractivity (Wildman–Crippen MR) is 97.0 cm³/mol. The van der Waals surface area contributed by atoms with E-state index in [1.807, 2.05) is 60.7 Å². The molecule has 26 heavy (non-hydrogen) atoms. The Morgan fingerprint density at radius 3 is 2.38 bits per heavy atom. The minimum Gasteiger partial charge on any atom is -0.497 e. The Labute approximate surface area is 151 Å². The zero-order valence-corrected chi connectivity index (χ0v) is 14.4. The van der Waals surface area contributed by atoms with Crippen LogP contribution in [0.5, 0.6) is 5.75 Å². The van der Waals surface area contributed by atoms with Crippen LogP contribution in [0, 0.1) is 0 Å². The molecule has 2 aromatic carbocycles. The molecule has 0 fully saturated rings. The van der Waals surface area contributed by atoms with Crippen molar-refractivity contribution >= 4 is 17.6 Å². The first-order valence-electron chi connectivity index (χ1n) is 8.30. The molecule has 0 spiro atoms. The molecule has 0 saturated carbocycles. The first-order chi connectivity index (χ1) is 12.6. The summed E-state index contributed by atoms with van der Waals surface area (Å²) in [5.41, 5.74) is 5.81. The van der Waals surface area contributed by atoms with Crippen LogP contribution in [0.4, 0.5) is 0 Å². The number of methoxy groups -OCH3 is 1. The molecule has 0 saturated heterocycles. The van der Waals surface area contributed by atoms with E-state index in [1.165, 1.54) is 5.01 Å². The maximum absolute atomic E-state index is 12.6. The summed E-state index contributed by atoms with van der Waals surface area (Å²) in [4.78, 5) is 23.4. The van der Waals surface area contributed by atoms with Gasteiger partial charge in [0.2, 0.25) is 5.91 Å². The van der Waals surface area contributed by atoms with Crippen molar-refractivity contribution in [3.8, 4) is 5.75 Å². The van der Waals surface area contributed by atoms with E-state index in [-0.39, 0.29) is 24.8 Å². The molecule has 0 radical (unpaired) electrons. The minimum absolute atomic E-state index is 0.0646. The molecule has 1 aliphatic rings. The van der Waals surface area contributed by atoms with Gasteiger partial charge in [-0.15, -0.1) is 0 Å². The second-order valence-corrected chi connectivity index (χ2v) is 5.93. The molecule has 1 amide bonds. The Balaban J connectivity index is 1.89. The SMILES string of the molecule is COc1ccc(C2C=C(c3ccccc3)NN2C(=O)CCC(=O)O)cc1. The molecule has 1 aliphatic heterocycles. The summed E-state index contributed by atoms with van der Waals surface area (Å²) in [7, 11) is 1.60. The van der Waals surface area contributed by atoms with Crippen molar-refractivity contribution in [2.45, 2.75) is 18.9 Å². The fraction of sp³-hybridized carbons (Fsp3) is 0.200. The first-order valence-corrected chi connectivity index (χ1v) is 8.30. The number of hydrogen-bond acceptors (Lipinski definition) is 4. The number of nitrogens with zero attached hydrogens (tertiary/aromatic N) is 1. The predicted octanol–water partition coefficient (Wildman–Crippen LogP) is 2.99. The highest BCUT2D eigenvalue weighted by molar-refractivity contribution is 5.83. The zero-order valence-electron chi connectivity index (χ0n) is 14.4. The van der Waals surface area contributed by atoms with Crippen LogP contribution in [-0.2, 0) is 9.59 Å². The lowest BCUT2D eigenvalue weighted by Crippen LogP contribution is -2.39. The number of carboxylic acids is 1. The third-order valence-corrected chi connectivity index (χ3v) is 4.21. The monoisotopic (exact) mass is 352 g/mol. The fourth-order valence-corrected chi connectivity index (χ4v) is 2.85. The third kappa shape index (κ3) is 3.85. The van der Waals surface area contributed by atoms with E-state index in [0.717, 1.165) is 22.6 Å². The number of carboxylic acid groups (broad SMARTS) is 1. The van der Waals surface area contributed by atoms with E-state index in [2.05, 4.69) is 5.43 Å². The molecule has 6 heteroatoms. The molecular weight excluding hydrogens is 332 g/mol. The van der Waals surface area contributed by atoms with Crippen molar-refractivity contribution in [1.29, 1.82) is 0 Å². The Morgan fingerprint density at radius 1 is 1.08 bits per heavy atom. The second-order valence-electron chi connectivity index (χ2n) is 5.93. The Morgan fingerprint density at radius 2 is 1.77 bits per heavy atom. The van der Waals surface area contributed by atoms with Crippen molar-refractivity contribution in [2.24, 2.45) is 0 Å². The van der Waals surface area contributed by atoms with Crippen LogP contribution < -0.4 is 10.2 Å². The second kappa shape index (κ2) is 7.74. The van der Waals surface area contributed by atoms with Gasteiger partial charge in [0, 0.05) is 6.42 Å². The van der Waals surface area contributed by atoms with Gasteiger partial charge < -0.3 is 9.84 Å². The van der Waals surface area contributed by atoms with Gasteiger partial charge in [0.05, 0.1) is 25.3 Å². The normalized spacial score (nSPS) is 16.0. The van der Waals surface area contributed by atoms with Gasteiger partial charge in [0.1, 0.15) is 5.75 Å². The lowest BCUT2D eigenvalue weighted by molar-refractivity contribution is -0.142. The smallest absolute Gasteiger partial charge is 0.303 e. The van der Waals surface area contributed by atoms with E-state index in [1.54, 1.807) is 7.11 Å².